The van der Waals surface area contributed by atoms with Gasteiger partial charge in [0.2, 0.25) is 0 Å². The Morgan fingerprint density at radius 2 is 2.36 bits per heavy atom. The molecule has 0 saturated carbocycles. The number of carbonyl (C=O) groups excluding carboxylic acids is 1. The molecule has 0 aromatic heterocycles. The third kappa shape index (κ3) is 5.80. The second-order valence-electron chi connectivity index (χ2n) is 2.72. The van der Waals surface area contributed by atoms with E-state index in [2.05, 4.69) is 6.58 Å². The molecule has 64 valence electrons. The minimum absolute atomic E-state index is 0.168. The van der Waals surface area contributed by atoms with Crippen LogP contribution >= 0.6 is 0 Å². The Bertz CT molecular complexity index is 130. The summed E-state index contributed by atoms with van der Waals surface area (Å²) >= 11 is 0. The van der Waals surface area contributed by atoms with Gasteiger partial charge in [0.05, 0.1) is 0 Å². The van der Waals surface area contributed by atoms with E-state index in [-0.39, 0.29) is 12.4 Å². The van der Waals surface area contributed by atoms with Crippen LogP contribution in [0.25, 0.3) is 0 Å². The van der Waals surface area contributed by atoms with E-state index in [0.717, 1.165) is 6.42 Å². The highest BCUT2D eigenvalue weighted by Gasteiger charge is 2.02. The molecule has 2 heteroatoms. The molecule has 0 aliphatic carbocycles. The van der Waals surface area contributed by atoms with Gasteiger partial charge in [0.15, 0.2) is 5.78 Å². The van der Waals surface area contributed by atoms with Gasteiger partial charge in [0.1, 0.15) is 6.61 Å². The molecule has 1 atom stereocenters. The van der Waals surface area contributed by atoms with E-state index >= 15 is 0 Å². The molecule has 0 saturated heterocycles. The standard InChI is InChI=1S/C9H16O2/c1-4-8(2)5-6-9(10)7-11-3/h4,8H,1,5-7H2,2-3H3. The van der Waals surface area contributed by atoms with Crippen molar-refractivity contribution in [3.05, 3.63) is 12.7 Å². The van der Waals surface area contributed by atoms with Crippen molar-refractivity contribution in [2.24, 2.45) is 5.92 Å². The van der Waals surface area contributed by atoms with E-state index in [4.69, 9.17) is 4.74 Å². The molecule has 0 aliphatic heterocycles. The van der Waals surface area contributed by atoms with Crippen LogP contribution in [0.2, 0.25) is 0 Å². The monoisotopic (exact) mass is 156 g/mol. The van der Waals surface area contributed by atoms with E-state index in [1.807, 2.05) is 13.0 Å². The quantitative estimate of drug-likeness (QED) is 0.548. The molecular weight excluding hydrogens is 140 g/mol. The van der Waals surface area contributed by atoms with Gasteiger partial charge in [-0.15, -0.1) is 6.58 Å². The average molecular weight is 156 g/mol. The summed E-state index contributed by atoms with van der Waals surface area (Å²) in [6.45, 7) is 5.93. The van der Waals surface area contributed by atoms with Crippen molar-refractivity contribution in [3.8, 4) is 0 Å². The molecule has 0 N–H and O–H groups in total. The number of ketones is 1. The smallest absolute Gasteiger partial charge is 0.158 e. The number of hydrogen-bond acceptors (Lipinski definition) is 2. The molecule has 11 heavy (non-hydrogen) atoms. The van der Waals surface area contributed by atoms with Crippen LogP contribution in [0, 0.1) is 5.92 Å². The van der Waals surface area contributed by atoms with Crippen LogP contribution in [-0.2, 0) is 9.53 Å². The lowest BCUT2D eigenvalue weighted by Gasteiger charge is -2.03. The lowest BCUT2D eigenvalue weighted by atomic mass is 10.0. The second-order valence-corrected chi connectivity index (χ2v) is 2.72. The summed E-state index contributed by atoms with van der Waals surface area (Å²) in [4.78, 5) is 10.9. The molecule has 0 aliphatic rings. The van der Waals surface area contributed by atoms with Crippen molar-refractivity contribution in [2.45, 2.75) is 19.8 Å². The molecule has 0 radical (unpaired) electrons. The maximum Gasteiger partial charge on any atom is 0.158 e. The highest BCUT2D eigenvalue weighted by molar-refractivity contribution is 5.79. The van der Waals surface area contributed by atoms with Gasteiger partial charge in [-0.1, -0.05) is 13.0 Å². The number of hydrogen-bond donors (Lipinski definition) is 0. The summed E-state index contributed by atoms with van der Waals surface area (Å²) in [6.07, 6.45) is 3.34. The van der Waals surface area contributed by atoms with Crippen LogP contribution in [0.3, 0.4) is 0 Å². The van der Waals surface area contributed by atoms with Crippen LogP contribution in [0.4, 0.5) is 0 Å². The zero-order chi connectivity index (χ0) is 8.69. The van der Waals surface area contributed by atoms with E-state index in [9.17, 15) is 4.79 Å². The van der Waals surface area contributed by atoms with Crippen molar-refractivity contribution < 1.29 is 9.53 Å². The second kappa shape index (κ2) is 6.10. The largest absolute Gasteiger partial charge is 0.377 e. The molecule has 0 amide bonds. The lowest BCUT2D eigenvalue weighted by Crippen LogP contribution is -2.07. The van der Waals surface area contributed by atoms with Crippen molar-refractivity contribution in [2.75, 3.05) is 13.7 Å². The fourth-order valence-electron chi connectivity index (χ4n) is 0.740. The zero-order valence-corrected chi connectivity index (χ0v) is 7.30. The summed E-state index contributed by atoms with van der Waals surface area (Å²) in [5.74, 6) is 0.594. The predicted molar refractivity (Wildman–Crippen MR) is 45.5 cm³/mol. The summed E-state index contributed by atoms with van der Waals surface area (Å²) in [5.41, 5.74) is 0. The van der Waals surface area contributed by atoms with Gasteiger partial charge in [-0.25, -0.2) is 0 Å². The maximum atomic E-state index is 10.9. The topological polar surface area (TPSA) is 26.3 Å². The van der Waals surface area contributed by atoms with Gasteiger partial charge < -0.3 is 4.74 Å². The van der Waals surface area contributed by atoms with Crippen molar-refractivity contribution in [1.29, 1.82) is 0 Å². The molecular formula is C9H16O2. The molecule has 0 fully saturated rings. The number of rotatable bonds is 6. The number of allylic oxidation sites excluding steroid dienone is 1. The minimum atomic E-state index is 0.168. The van der Waals surface area contributed by atoms with Crippen LogP contribution in [0.15, 0.2) is 12.7 Å². The highest BCUT2D eigenvalue weighted by Crippen LogP contribution is 2.05. The third-order valence-electron chi connectivity index (χ3n) is 1.59. The molecule has 0 aromatic carbocycles. The first-order valence-electron chi connectivity index (χ1n) is 3.84. The molecule has 0 rings (SSSR count). The lowest BCUT2D eigenvalue weighted by molar-refractivity contribution is -0.122. The normalized spacial score (nSPS) is 12.5. The Kier molecular flexibility index (Phi) is 5.75. The summed E-state index contributed by atoms with van der Waals surface area (Å²) in [6, 6.07) is 0. The first-order valence-corrected chi connectivity index (χ1v) is 3.84. The summed E-state index contributed by atoms with van der Waals surface area (Å²) in [5, 5.41) is 0. The SMILES string of the molecule is C=CC(C)CCC(=O)COC. The summed E-state index contributed by atoms with van der Waals surface area (Å²) in [7, 11) is 1.54. The van der Waals surface area contributed by atoms with E-state index in [0.29, 0.717) is 12.3 Å². The Morgan fingerprint density at radius 3 is 2.82 bits per heavy atom. The summed E-state index contributed by atoms with van der Waals surface area (Å²) < 4.78 is 4.69. The maximum absolute atomic E-state index is 10.9. The van der Waals surface area contributed by atoms with Crippen molar-refractivity contribution in [3.63, 3.8) is 0 Å². The fraction of sp³-hybridized carbons (Fsp3) is 0.667. The Morgan fingerprint density at radius 1 is 1.73 bits per heavy atom. The van der Waals surface area contributed by atoms with E-state index in [1.54, 1.807) is 0 Å². The molecule has 0 spiro atoms. The first kappa shape index (κ1) is 10.4. The number of methoxy groups -OCH3 is 1. The molecule has 2 nitrogen and oxygen atoms in total. The average Bonchev–Trinajstić information content (AvgIpc) is 2.01. The van der Waals surface area contributed by atoms with Gasteiger partial charge in [0.25, 0.3) is 0 Å². The third-order valence-corrected chi connectivity index (χ3v) is 1.59. The zero-order valence-electron chi connectivity index (χ0n) is 7.30. The minimum Gasteiger partial charge on any atom is -0.377 e. The van der Waals surface area contributed by atoms with Crippen LogP contribution in [0.1, 0.15) is 19.8 Å². The van der Waals surface area contributed by atoms with Crippen molar-refractivity contribution in [1.82, 2.24) is 0 Å². The van der Waals surface area contributed by atoms with Crippen LogP contribution < -0.4 is 0 Å². The van der Waals surface area contributed by atoms with Gasteiger partial charge in [0, 0.05) is 13.5 Å². The van der Waals surface area contributed by atoms with Gasteiger partial charge in [-0.2, -0.15) is 0 Å². The molecule has 0 bridgehead atoms. The van der Waals surface area contributed by atoms with Crippen LogP contribution in [0.5, 0.6) is 0 Å². The van der Waals surface area contributed by atoms with Crippen LogP contribution in [-0.4, -0.2) is 19.5 Å². The Balaban J connectivity index is 3.37. The van der Waals surface area contributed by atoms with Gasteiger partial charge in [-0.3, -0.25) is 4.79 Å². The first-order chi connectivity index (χ1) is 5.20. The fourth-order valence-corrected chi connectivity index (χ4v) is 0.740. The highest BCUT2D eigenvalue weighted by atomic mass is 16.5. The van der Waals surface area contributed by atoms with Gasteiger partial charge >= 0.3 is 0 Å². The number of Topliss-reactive ketones (excluding diaryl/α,β-unsaturated/α-hetero) is 1. The molecule has 0 heterocycles. The van der Waals surface area contributed by atoms with E-state index in [1.165, 1.54) is 7.11 Å². The van der Waals surface area contributed by atoms with Crippen molar-refractivity contribution >= 4 is 5.78 Å². The Hall–Kier alpha value is -0.630. The Labute approximate surface area is 68.2 Å². The molecule has 1 unspecified atom stereocenters. The number of carbonyl (C=O) groups is 1. The molecule has 0 aromatic rings. The van der Waals surface area contributed by atoms with E-state index < -0.39 is 0 Å². The van der Waals surface area contributed by atoms with Gasteiger partial charge in [-0.05, 0) is 12.3 Å². The number of ether oxygens (including phenoxy) is 1. The predicted octanol–water partition coefficient (Wildman–Crippen LogP) is 1.80.